The Bertz CT molecular complexity index is 574. The SMILES string of the molecule is CS(=O)(=O)NCC(=O)N1CCC[C@@H](Cc2ccccn2)C1. The zero-order valence-electron chi connectivity index (χ0n) is 12.2. The highest BCUT2D eigenvalue weighted by Gasteiger charge is 2.24. The topological polar surface area (TPSA) is 79.4 Å². The lowest BCUT2D eigenvalue weighted by Gasteiger charge is -2.32. The summed E-state index contributed by atoms with van der Waals surface area (Å²) in [4.78, 5) is 18.1. The van der Waals surface area contributed by atoms with E-state index in [0.717, 1.165) is 31.2 Å². The number of amides is 1. The number of nitrogens with zero attached hydrogens (tertiary/aromatic N) is 2. The van der Waals surface area contributed by atoms with Gasteiger partial charge < -0.3 is 4.90 Å². The summed E-state index contributed by atoms with van der Waals surface area (Å²) in [5, 5.41) is 0. The van der Waals surface area contributed by atoms with E-state index < -0.39 is 10.0 Å². The number of piperidine rings is 1. The van der Waals surface area contributed by atoms with Crippen molar-refractivity contribution in [3.8, 4) is 0 Å². The summed E-state index contributed by atoms with van der Waals surface area (Å²) in [6, 6.07) is 5.84. The third-order valence-electron chi connectivity index (χ3n) is 3.58. The van der Waals surface area contributed by atoms with Crippen molar-refractivity contribution in [2.45, 2.75) is 19.3 Å². The second-order valence-electron chi connectivity index (χ2n) is 5.47. The van der Waals surface area contributed by atoms with Gasteiger partial charge in [-0.1, -0.05) is 6.07 Å². The van der Waals surface area contributed by atoms with Crippen molar-refractivity contribution >= 4 is 15.9 Å². The number of hydrogen-bond acceptors (Lipinski definition) is 4. The van der Waals surface area contributed by atoms with Crippen LogP contribution in [0.1, 0.15) is 18.5 Å². The lowest BCUT2D eigenvalue weighted by molar-refractivity contribution is -0.131. The van der Waals surface area contributed by atoms with Crippen molar-refractivity contribution < 1.29 is 13.2 Å². The van der Waals surface area contributed by atoms with Crippen LogP contribution >= 0.6 is 0 Å². The molecule has 21 heavy (non-hydrogen) atoms. The van der Waals surface area contributed by atoms with E-state index >= 15 is 0 Å². The van der Waals surface area contributed by atoms with Crippen LogP contribution in [-0.4, -0.2) is 50.1 Å². The molecule has 1 aromatic rings. The fraction of sp³-hybridized carbons (Fsp3) is 0.571. The summed E-state index contributed by atoms with van der Waals surface area (Å²) in [7, 11) is -3.33. The molecule has 0 aromatic carbocycles. The van der Waals surface area contributed by atoms with Crippen LogP contribution < -0.4 is 4.72 Å². The standard InChI is InChI=1S/C14H21N3O3S/c1-21(19,20)16-10-14(18)17-8-4-5-12(11-17)9-13-6-2-3-7-15-13/h2-3,6-7,12,16H,4-5,8-11H2,1H3/t12-/m0/s1. The molecule has 0 bridgehead atoms. The number of pyridine rings is 1. The first kappa shape index (κ1) is 15.9. The van der Waals surface area contributed by atoms with E-state index in [4.69, 9.17) is 0 Å². The molecule has 1 atom stereocenters. The van der Waals surface area contributed by atoms with Crippen LogP contribution in [0.15, 0.2) is 24.4 Å². The van der Waals surface area contributed by atoms with Gasteiger partial charge in [-0.2, -0.15) is 0 Å². The quantitative estimate of drug-likeness (QED) is 0.854. The smallest absolute Gasteiger partial charge is 0.237 e. The van der Waals surface area contributed by atoms with E-state index in [2.05, 4.69) is 9.71 Å². The minimum absolute atomic E-state index is 0.158. The number of likely N-dealkylation sites (tertiary alicyclic amines) is 1. The molecule has 1 fully saturated rings. The Morgan fingerprint density at radius 2 is 2.29 bits per heavy atom. The van der Waals surface area contributed by atoms with Gasteiger partial charge in [0.05, 0.1) is 12.8 Å². The number of nitrogens with one attached hydrogen (secondary N) is 1. The van der Waals surface area contributed by atoms with Crippen LogP contribution in [0.3, 0.4) is 0 Å². The van der Waals surface area contributed by atoms with Gasteiger partial charge >= 0.3 is 0 Å². The average Bonchev–Trinajstić information content (AvgIpc) is 2.45. The third kappa shape index (κ3) is 5.43. The van der Waals surface area contributed by atoms with E-state index in [1.807, 2.05) is 18.2 Å². The molecule has 116 valence electrons. The van der Waals surface area contributed by atoms with Crippen LogP contribution in [0.5, 0.6) is 0 Å². The predicted molar refractivity (Wildman–Crippen MR) is 80.1 cm³/mol. The molecule has 7 heteroatoms. The maximum Gasteiger partial charge on any atom is 0.237 e. The highest BCUT2D eigenvalue weighted by molar-refractivity contribution is 7.88. The van der Waals surface area contributed by atoms with E-state index in [1.165, 1.54) is 0 Å². The Morgan fingerprint density at radius 1 is 1.48 bits per heavy atom. The molecule has 1 aliphatic rings. The third-order valence-corrected chi connectivity index (χ3v) is 4.25. The molecule has 1 amide bonds. The molecule has 0 unspecified atom stereocenters. The average molecular weight is 311 g/mol. The van der Waals surface area contributed by atoms with E-state index in [9.17, 15) is 13.2 Å². The van der Waals surface area contributed by atoms with Crippen molar-refractivity contribution in [2.24, 2.45) is 5.92 Å². The van der Waals surface area contributed by atoms with Gasteiger partial charge in [0, 0.05) is 25.0 Å². The first-order chi connectivity index (χ1) is 9.94. The molecule has 0 radical (unpaired) electrons. The van der Waals surface area contributed by atoms with Crippen LogP contribution in [-0.2, 0) is 21.2 Å². The van der Waals surface area contributed by atoms with Crippen LogP contribution in [0.25, 0.3) is 0 Å². The van der Waals surface area contributed by atoms with Crippen molar-refractivity contribution in [2.75, 3.05) is 25.9 Å². The van der Waals surface area contributed by atoms with Crippen molar-refractivity contribution in [1.29, 1.82) is 0 Å². The molecular weight excluding hydrogens is 290 g/mol. The lowest BCUT2D eigenvalue weighted by Crippen LogP contribution is -2.45. The molecule has 0 spiro atoms. The first-order valence-electron chi connectivity index (χ1n) is 7.06. The first-order valence-corrected chi connectivity index (χ1v) is 8.95. The summed E-state index contributed by atoms with van der Waals surface area (Å²) in [6.07, 6.45) is 5.70. The van der Waals surface area contributed by atoms with Gasteiger partial charge in [-0.15, -0.1) is 0 Å². The Morgan fingerprint density at radius 3 is 2.95 bits per heavy atom. The molecule has 2 rings (SSSR count). The maximum absolute atomic E-state index is 12.0. The second kappa shape index (κ2) is 7.00. The van der Waals surface area contributed by atoms with Crippen LogP contribution in [0.4, 0.5) is 0 Å². The molecule has 1 saturated heterocycles. The van der Waals surface area contributed by atoms with Gasteiger partial charge in [0.25, 0.3) is 0 Å². The highest BCUT2D eigenvalue weighted by atomic mass is 32.2. The largest absolute Gasteiger partial charge is 0.341 e. The summed E-state index contributed by atoms with van der Waals surface area (Å²) in [5.74, 6) is 0.224. The maximum atomic E-state index is 12.0. The number of carbonyl (C=O) groups excluding carboxylic acids is 1. The van der Waals surface area contributed by atoms with Gasteiger partial charge in [0.15, 0.2) is 0 Å². The van der Waals surface area contributed by atoms with Crippen molar-refractivity contribution in [3.05, 3.63) is 30.1 Å². The van der Waals surface area contributed by atoms with E-state index in [1.54, 1.807) is 11.1 Å². The number of sulfonamides is 1. The van der Waals surface area contributed by atoms with E-state index in [0.29, 0.717) is 19.0 Å². The summed E-state index contributed by atoms with van der Waals surface area (Å²) < 4.78 is 24.3. The normalized spacial score (nSPS) is 19.5. The number of rotatable bonds is 5. The van der Waals surface area contributed by atoms with Gasteiger partial charge in [-0.25, -0.2) is 13.1 Å². The number of carbonyl (C=O) groups is 1. The molecule has 1 aromatic heterocycles. The molecule has 1 aliphatic heterocycles. The monoisotopic (exact) mass is 311 g/mol. The van der Waals surface area contributed by atoms with Crippen LogP contribution in [0.2, 0.25) is 0 Å². The van der Waals surface area contributed by atoms with Gasteiger partial charge in [-0.05, 0) is 37.3 Å². The van der Waals surface area contributed by atoms with Gasteiger partial charge in [0.1, 0.15) is 0 Å². The molecule has 0 aliphatic carbocycles. The molecule has 1 N–H and O–H groups in total. The molecule has 2 heterocycles. The Kier molecular flexibility index (Phi) is 5.30. The molecule has 0 saturated carbocycles. The second-order valence-corrected chi connectivity index (χ2v) is 7.30. The lowest BCUT2D eigenvalue weighted by atomic mass is 9.93. The van der Waals surface area contributed by atoms with Gasteiger partial charge in [0.2, 0.25) is 15.9 Å². The molecule has 6 nitrogen and oxygen atoms in total. The Balaban J connectivity index is 1.87. The van der Waals surface area contributed by atoms with Crippen molar-refractivity contribution in [3.63, 3.8) is 0 Å². The number of hydrogen-bond donors (Lipinski definition) is 1. The zero-order valence-corrected chi connectivity index (χ0v) is 13.0. The van der Waals surface area contributed by atoms with Crippen molar-refractivity contribution in [1.82, 2.24) is 14.6 Å². The van der Waals surface area contributed by atoms with Crippen LogP contribution in [0, 0.1) is 5.92 Å². The summed E-state index contributed by atoms with van der Waals surface area (Å²) >= 11 is 0. The fourth-order valence-corrected chi connectivity index (χ4v) is 2.96. The van der Waals surface area contributed by atoms with E-state index in [-0.39, 0.29) is 12.5 Å². The fourth-order valence-electron chi connectivity index (χ4n) is 2.58. The summed E-state index contributed by atoms with van der Waals surface area (Å²) in [5.41, 5.74) is 1.03. The van der Waals surface area contributed by atoms with Gasteiger partial charge in [-0.3, -0.25) is 9.78 Å². The summed E-state index contributed by atoms with van der Waals surface area (Å²) in [6.45, 7) is 1.21. The zero-order chi connectivity index (χ0) is 15.3. The highest BCUT2D eigenvalue weighted by Crippen LogP contribution is 2.20. The molecular formula is C14H21N3O3S. The number of aromatic nitrogens is 1. The minimum Gasteiger partial charge on any atom is -0.341 e. The Labute approximate surface area is 125 Å². The predicted octanol–water partition coefficient (Wildman–Crippen LogP) is 0.412. The minimum atomic E-state index is -3.33. The Hall–Kier alpha value is -1.47.